The summed E-state index contributed by atoms with van der Waals surface area (Å²) in [6.07, 6.45) is 2.22. The fourth-order valence-electron chi connectivity index (χ4n) is 2.30. The maximum Gasteiger partial charge on any atom is 0.252 e. The van der Waals surface area contributed by atoms with Crippen LogP contribution in [0.2, 0.25) is 0 Å². The van der Waals surface area contributed by atoms with Gasteiger partial charge in [0.2, 0.25) is 5.89 Å². The normalized spacial score (nSPS) is 15.1. The van der Waals surface area contributed by atoms with Gasteiger partial charge in [-0.25, -0.2) is 0 Å². The van der Waals surface area contributed by atoms with Gasteiger partial charge in [0.25, 0.3) is 5.91 Å². The molecule has 6 nitrogen and oxygen atoms in total. The Morgan fingerprint density at radius 2 is 2.13 bits per heavy atom. The van der Waals surface area contributed by atoms with Gasteiger partial charge in [0.15, 0.2) is 5.82 Å². The van der Waals surface area contributed by atoms with Crippen molar-refractivity contribution in [3.63, 3.8) is 0 Å². The van der Waals surface area contributed by atoms with Crippen molar-refractivity contribution in [1.29, 1.82) is 0 Å². The number of hydrogen-bond donors (Lipinski definition) is 2. The molecule has 1 fully saturated rings. The molecule has 7 heteroatoms. The van der Waals surface area contributed by atoms with Crippen molar-refractivity contribution in [3.05, 3.63) is 41.5 Å². The molecule has 3 N–H and O–H groups in total. The predicted molar refractivity (Wildman–Crippen MR) is 89.4 cm³/mol. The smallest absolute Gasteiger partial charge is 0.252 e. The second-order valence-electron chi connectivity index (χ2n) is 6.09. The molecule has 1 heterocycles. The Hall–Kier alpha value is -2.08. The number of aromatic nitrogens is 2. The van der Waals surface area contributed by atoms with Gasteiger partial charge in [0, 0.05) is 17.2 Å². The number of benzene rings is 1. The van der Waals surface area contributed by atoms with E-state index in [9.17, 15) is 4.79 Å². The van der Waals surface area contributed by atoms with E-state index in [1.165, 1.54) is 0 Å². The third-order valence-electron chi connectivity index (χ3n) is 3.77. The lowest BCUT2D eigenvalue weighted by Crippen LogP contribution is -2.32. The van der Waals surface area contributed by atoms with Gasteiger partial charge in [-0.05, 0) is 37.0 Å². The number of carbonyl (C=O) groups excluding carboxylic acids is 1. The van der Waals surface area contributed by atoms with Gasteiger partial charge in [-0.3, -0.25) is 4.79 Å². The van der Waals surface area contributed by atoms with Crippen molar-refractivity contribution in [2.24, 2.45) is 5.92 Å². The zero-order valence-electron chi connectivity index (χ0n) is 13.2. The molecule has 1 aromatic carbocycles. The Balaban J connectivity index is 0.00000192. The highest BCUT2D eigenvalue weighted by molar-refractivity contribution is 5.95. The van der Waals surface area contributed by atoms with Gasteiger partial charge in [-0.2, -0.15) is 4.98 Å². The average molecular weight is 337 g/mol. The fourth-order valence-corrected chi connectivity index (χ4v) is 2.30. The van der Waals surface area contributed by atoms with Crippen LogP contribution in [0.4, 0.5) is 5.69 Å². The second kappa shape index (κ2) is 7.00. The van der Waals surface area contributed by atoms with Crippen LogP contribution in [0, 0.1) is 5.92 Å². The van der Waals surface area contributed by atoms with E-state index >= 15 is 0 Å². The molecule has 0 saturated heterocycles. The Morgan fingerprint density at radius 3 is 2.74 bits per heavy atom. The molecule has 0 bridgehead atoms. The summed E-state index contributed by atoms with van der Waals surface area (Å²) in [6.45, 7) is 4.01. The summed E-state index contributed by atoms with van der Waals surface area (Å²) in [6, 6.07) is 6.57. The Morgan fingerprint density at radius 1 is 1.39 bits per heavy atom. The number of amides is 1. The zero-order chi connectivity index (χ0) is 15.7. The molecule has 23 heavy (non-hydrogen) atoms. The molecule has 0 spiro atoms. The van der Waals surface area contributed by atoms with Crippen LogP contribution in [0.15, 0.2) is 28.8 Å². The van der Waals surface area contributed by atoms with E-state index in [4.69, 9.17) is 10.3 Å². The van der Waals surface area contributed by atoms with Gasteiger partial charge >= 0.3 is 0 Å². The van der Waals surface area contributed by atoms with Crippen molar-refractivity contribution < 1.29 is 9.32 Å². The van der Waals surface area contributed by atoms with Crippen molar-refractivity contribution >= 4 is 24.0 Å². The highest BCUT2D eigenvalue weighted by atomic mass is 35.5. The van der Waals surface area contributed by atoms with E-state index in [0.29, 0.717) is 23.1 Å². The second-order valence-corrected chi connectivity index (χ2v) is 6.09. The molecule has 1 amide bonds. The summed E-state index contributed by atoms with van der Waals surface area (Å²) in [5.41, 5.74) is 6.80. The van der Waals surface area contributed by atoms with Crippen LogP contribution in [0.25, 0.3) is 0 Å². The van der Waals surface area contributed by atoms with Crippen LogP contribution in [-0.2, 0) is 0 Å². The van der Waals surface area contributed by atoms with Crippen LogP contribution in [0.3, 0.4) is 0 Å². The number of carbonyl (C=O) groups is 1. The minimum Gasteiger partial charge on any atom is -0.399 e. The Bertz CT molecular complexity index is 682. The first-order chi connectivity index (χ1) is 10.5. The molecular weight excluding hydrogens is 316 g/mol. The van der Waals surface area contributed by atoms with Crippen LogP contribution in [-0.4, -0.2) is 16.0 Å². The largest absolute Gasteiger partial charge is 0.399 e. The van der Waals surface area contributed by atoms with E-state index in [1.54, 1.807) is 24.3 Å². The average Bonchev–Trinajstić information content (AvgIpc) is 3.22. The number of nitrogens with zero attached hydrogens (tertiary/aromatic N) is 2. The number of rotatable bonds is 5. The molecule has 1 unspecified atom stereocenters. The molecule has 1 atom stereocenters. The van der Waals surface area contributed by atoms with Crippen molar-refractivity contribution in [3.8, 4) is 0 Å². The lowest BCUT2D eigenvalue weighted by atomic mass is 10.0. The summed E-state index contributed by atoms with van der Waals surface area (Å²) in [4.78, 5) is 16.8. The van der Waals surface area contributed by atoms with Crippen LogP contribution in [0.5, 0.6) is 0 Å². The first kappa shape index (κ1) is 17.3. The molecule has 1 saturated carbocycles. The molecule has 124 valence electrons. The number of nitrogens with one attached hydrogen (secondary N) is 1. The number of halogens is 1. The van der Waals surface area contributed by atoms with E-state index in [-0.39, 0.29) is 30.3 Å². The number of hydrogen-bond acceptors (Lipinski definition) is 5. The van der Waals surface area contributed by atoms with E-state index < -0.39 is 0 Å². The number of nitrogens with two attached hydrogens (primary N) is 1. The van der Waals surface area contributed by atoms with E-state index in [2.05, 4.69) is 15.5 Å². The monoisotopic (exact) mass is 336 g/mol. The molecule has 0 aliphatic heterocycles. The first-order valence-corrected chi connectivity index (χ1v) is 7.54. The first-order valence-electron chi connectivity index (χ1n) is 7.54. The third kappa shape index (κ3) is 4.01. The van der Waals surface area contributed by atoms with Crippen LogP contribution in [0.1, 0.15) is 60.7 Å². The molecule has 3 rings (SSSR count). The highest BCUT2D eigenvalue weighted by Crippen LogP contribution is 2.38. The Labute approximate surface area is 141 Å². The summed E-state index contributed by atoms with van der Waals surface area (Å²) >= 11 is 0. The Kier molecular flexibility index (Phi) is 5.26. The molecule has 1 aromatic heterocycles. The quantitative estimate of drug-likeness (QED) is 0.818. The minimum absolute atomic E-state index is 0. The maximum atomic E-state index is 12.4. The highest BCUT2D eigenvalue weighted by Gasteiger charge is 2.31. The van der Waals surface area contributed by atoms with Gasteiger partial charge in [0.1, 0.15) is 6.04 Å². The summed E-state index contributed by atoms with van der Waals surface area (Å²) in [5, 5.41) is 6.98. The maximum absolute atomic E-state index is 12.4. The number of nitrogen functional groups attached to an aromatic ring is 1. The third-order valence-corrected chi connectivity index (χ3v) is 3.77. The summed E-state index contributed by atoms with van der Waals surface area (Å²) < 4.78 is 5.35. The molecule has 1 aliphatic rings. The lowest BCUT2D eigenvalue weighted by molar-refractivity contribution is 0.0914. The SMILES string of the molecule is CC(C)C(NC(=O)c1cccc(N)c1)c1nc(C2CC2)no1.Cl. The van der Waals surface area contributed by atoms with E-state index in [1.807, 2.05) is 13.8 Å². The van der Waals surface area contributed by atoms with Crippen LogP contribution >= 0.6 is 12.4 Å². The van der Waals surface area contributed by atoms with E-state index in [0.717, 1.165) is 18.7 Å². The zero-order valence-corrected chi connectivity index (χ0v) is 14.0. The topological polar surface area (TPSA) is 94.0 Å². The van der Waals surface area contributed by atoms with Crippen molar-refractivity contribution in [1.82, 2.24) is 15.5 Å². The molecule has 1 aliphatic carbocycles. The number of anilines is 1. The minimum atomic E-state index is -0.311. The summed E-state index contributed by atoms with van der Waals surface area (Å²) in [5.74, 6) is 1.58. The van der Waals surface area contributed by atoms with Gasteiger partial charge in [-0.1, -0.05) is 25.1 Å². The van der Waals surface area contributed by atoms with Crippen LogP contribution < -0.4 is 11.1 Å². The van der Waals surface area contributed by atoms with Gasteiger partial charge in [-0.15, -0.1) is 12.4 Å². The lowest BCUT2D eigenvalue weighted by Gasteiger charge is -2.18. The molecular formula is C16H21ClN4O2. The van der Waals surface area contributed by atoms with Gasteiger partial charge < -0.3 is 15.6 Å². The summed E-state index contributed by atoms with van der Waals surface area (Å²) in [7, 11) is 0. The van der Waals surface area contributed by atoms with Crippen molar-refractivity contribution in [2.75, 3.05) is 5.73 Å². The standard InChI is InChI=1S/C16H20N4O2.ClH/c1-9(2)13(16-19-14(20-22-16)10-6-7-10)18-15(21)11-4-3-5-12(17)8-11;/h3-5,8-10,13H,6-7,17H2,1-2H3,(H,18,21);1H. The molecule has 2 aromatic rings. The fraction of sp³-hybridized carbons (Fsp3) is 0.438. The predicted octanol–water partition coefficient (Wildman–Crippen LogP) is 3.08. The van der Waals surface area contributed by atoms with Gasteiger partial charge in [0.05, 0.1) is 0 Å². The molecule has 0 radical (unpaired) electrons. The van der Waals surface area contributed by atoms with Crippen molar-refractivity contribution in [2.45, 2.75) is 38.6 Å².